The zero-order chi connectivity index (χ0) is 24.1. The Kier molecular flexibility index (Phi) is 7.50. The van der Waals surface area contributed by atoms with E-state index in [0.29, 0.717) is 6.42 Å². The van der Waals surface area contributed by atoms with Crippen molar-refractivity contribution in [1.82, 2.24) is 10.6 Å². The number of hydrogen-bond donors (Lipinski definition) is 3. The van der Waals surface area contributed by atoms with Gasteiger partial charge in [-0.2, -0.15) is 0 Å². The predicted molar refractivity (Wildman–Crippen MR) is 128 cm³/mol. The van der Waals surface area contributed by atoms with Crippen molar-refractivity contribution in [2.75, 3.05) is 6.61 Å². The van der Waals surface area contributed by atoms with Gasteiger partial charge in [-0.05, 0) is 47.4 Å². The van der Waals surface area contributed by atoms with Gasteiger partial charge in [0.15, 0.2) is 0 Å². The van der Waals surface area contributed by atoms with Gasteiger partial charge in [0.25, 0.3) is 0 Å². The summed E-state index contributed by atoms with van der Waals surface area (Å²) >= 11 is 0. The highest BCUT2D eigenvalue weighted by Crippen LogP contribution is 2.44. The molecular weight excluding hydrogens is 432 g/mol. The third-order valence-electron chi connectivity index (χ3n) is 6.67. The first-order valence-electron chi connectivity index (χ1n) is 12.1. The topological polar surface area (TPSA) is 105 Å². The van der Waals surface area contributed by atoms with Crippen molar-refractivity contribution in [2.45, 2.75) is 63.5 Å². The molecule has 2 aliphatic rings. The smallest absolute Gasteiger partial charge is 0.407 e. The van der Waals surface area contributed by atoms with Crippen LogP contribution in [0.4, 0.5) is 4.79 Å². The Labute approximate surface area is 199 Å². The normalized spacial score (nSPS) is 16.1. The Morgan fingerprint density at radius 3 is 2.15 bits per heavy atom. The quantitative estimate of drug-likeness (QED) is 0.456. The SMILES string of the molecule is CCCC(CC(=O)O)NC(=O)CC(NC(=O)OCC1c2ccccc2-c2ccccc21)C1CC1. The molecule has 2 unspecified atom stereocenters. The monoisotopic (exact) mass is 464 g/mol. The van der Waals surface area contributed by atoms with Crippen molar-refractivity contribution in [1.29, 1.82) is 0 Å². The summed E-state index contributed by atoms with van der Waals surface area (Å²) in [5, 5.41) is 14.8. The maximum absolute atomic E-state index is 12.7. The van der Waals surface area contributed by atoms with E-state index >= 15 is 0 Å². The number of carbonyl (C=O) groups excluding carboxylic acids is 2. The fraction of sp³-hybridized carbons (Fsp3) is 0.444. The number of carbonyl (C=O) groups is 3. The minimum atomic E-state index is -0.936. The van der Waals surface area contributed by atoms with Gasteiger partial charge in [0.1, 0.15) is 6.61 Å². The molecule has 34 heavy (non-hydrogen) atoms. The second-order valence-electron chi connectivity index (χ2n) is 9.27. The summed E-state index contributed by atoms with van der Waals surface area (Å²) in [6.45, 7) is 2.17. The average Bonchev–Trinajstić information content (AvgIpc) is 3.60. The van der Waals surface area contributed by atoms with E-state index in [1.165, 1.54) is 11.1 Å². The Balaban J connectivity index is 1.33. The van der Waals surface area contributed by atoms with E-state index in [9.17, 15) is 14.4 Å². The van der Waals surface area contributed by atoms with Crippen molar-refractivity contribution in [2.24, 2.45) is 5.92 Å². The second kappa shape index (κ2) is 10.7. The Morgan fingerprint density at radius 1 is 0.971 bits per heavy atom. The lowest BCUT2D eigenvalue weighted by Gasteiger charge is -2.21. The number of carboxylic acid groups (broad SMARTS) is 1. The van der Waals surface area contributed by atoms with Crippen LogP contribution in [0.5, 0.6) is 0 Å². The summed E-state index contributed by atoms with van der Waals surface area (Å²) < 4.78 is 5.64. The molecule has 2 aliphatic carbocycles. The number of amides is 2. The molecule has 0 spiro atoms. The van der Waals surface area contributed by atoms with Crippen molar-refractivity contribution in [3.8, 4) is 11.1 Å². The number of ether oxygens (including phenoxy) is 1. The van der Waals surface area contributed by atoms with Crippen molar-refractivity contribution in [3.05, 3.63) is 59.7 Å². The molecule has 4 rings (SSSR count). The highest BCUT2D eigenvalue weighted by Gasteiger charge is 2.35. The highest BCUT2D eigenvalue weighted by molar-refractivity contribution is 5.80. The number of rotatable bonds is 11. The van der Waals surface area contributed by atoms with Crippen LogP contribution in [-0.4, -0.2) is 41.8 Å². The van der Waals surface area contributed by atoms with Crippen LogP contribution in [0, 0.1) is 5.92 Å². The number of nitrogens with one attached hydrogen (secondary N) is 2. The van der Waals surface area contributed by atoms with E-state index in [0.717, 1.165) is 30.4 Å². The Bertz CT molecular complexity index is 1000. The number of hydrogen-bond acceptors (Lipinski definition) is 4. The summed E-state index contributed by atoms with van der Waals surface area (Å²) in [5.41, 5.74) is 4.63. The molecule has 0 radical (unpaired) electrons. The van der Waals surface area contributed by atoms with Crippen LogP contribution < -0.4 is 10.6 Å². The van der Waals surface area contributed by atoms with E-state index < -0.39 is 18.1 Å². The van der Waals surface area contributed by atoms with Crippen LogP contribution in [0.25, 0.3) is 11.1 Å². The molecule has 0 saturated heterocycles. The minimum absolute atomic E-state index is 0.0216. The predicted octanol–water partition coefficient (Wildman–Crippen LogP) is 4.45. The highest BCUT2D eigenvalue weighted by atomic mass is 16.5. The fourth-order valence-corrected chi connectivity index (χ4v) is 4.90. The summed E-state index contributed by atoms with van der Waals surface area (Å²) in [5.74, 6) is -0.952. The molecule has 0 heterocycles. The van der Waals surface area contributed by atoms with E-state index in [1.54, 1.807) is 0 Å². The Hall–Kier alpha value is -3.35. The molecule has 3 N–H and O–H groups in total. The first-order valence-corrected chi connectivity index (χ1v) is 12.1. The van der Waals surface area contributed by atoms with Gasteiger partial charge >= 0.3 is 12.1 Å². The zero-order valence-electron chi connectivity index (χ0n) is 19.5. The molecule has 2 aromatic rings. The molecule has 7 heteroatoms. The van der Waals surface area contributed by atoms with Gasteiger partial charge in [-0.25, -0.2) is 4.79 Å². The van der Waals surface area contributed by atoms with Crippen LogP contribution in [0.1, 0.15) is 62.5 Å². The molecule has 180 valence electrons. The molecule has 2 amide bonds. The molecule has 1 saturated carbocycles. The van der Waals surface area contributed by atoms with Crippen LogP contribution in [0.15, 0.2) is 48.5 Å². The number of benzene rings is 2. The lowest BCUT2D eigenvalue weighted by molar-refractivity contribution is -0.137. The Morgan fingerprint density at radius 2 is 1.59 bits per heavy atom. The molecule has 7 nitrogen and oxygen atoms in total. The van der Waals surface area contributed by atoms with Crippen LogP contribution in [-0.2, 0) is 14.3 Å². The number of aliphatic carboxylic acids is 1. The first kappa shape index (κ1) is 23.8. The first-order chi connectivity index (χ1) is 16.5. The molecule has 0 aliphatic heterocycles. The molecule has 2 aromatic carbocycles. The van der Waals surface area contributed by atoms with E-state index in [1.807, 2.05) is 31.2 Å². The van der Waals surface area contributed by atoms with E-state index in [2.05, 4.69) is 34.9 Å². The van der Waals surface area contributed by atoms with Gasteiger partial charge < -0.3 is 20.5 Å². The van der Waals surface area contributed by atoms with Gasteiger partial charge in [0, 0.05) is 24.4 Å². The fourth-order valence-electron chi connectivity index (χ4n) is 4.90. The standard InChI is InChI=1S/C27H32N2O5/c1-2-7-18(14-26(31)32)28-25(30)15-24(17-12-13-17)29-27(33)34-16-23-21-10-5-3-8-19(21)20-9-4-6-11-22(20)23/h3-6,8-11,17-18,23-24H,2,7,12-16H2,1H3,(H,28,30)(H,29,33)(H,31,32). The van der Waals surface area contributed by atoms with Gasteiger partial charge in [-0.1, -0.05) is 61.9 Å². The van der Waals surface area contributed by atoms with E-state index in [-0.39, 0.29) is 43.2 Å². The molecule has 0 bridgehead atoms. The maximum Gasteiger partial charge on any atom is 0.407 e. The number of alkyl carbamates (subject to hydrolysis) is 1. The third kappa shape index (κ3) is 5.76. The minimum Gasteiger partial charge on any atom is -0.481 e. The largest absolute Gasteiger partial charge is 0.481 e. The van der Waals surface area contributed by atoms with Crippen molar-refractivity contribution >= 4 is 18.0 Å². The molecule has 1 fully saturated rings. The van der Waals surface area contributed by atoms with Gasteiger partial charge in [-0.3, -0.25) is 9.59 Å². The number of fused-ring (bicyclic) bond motifs is 3. The average molecular weight is 465 g/mol. The molecule has 2 atom stereocenters. The van der Waals surface area contributed by atoms with E-state index in [4.69, 9.17) is 9.84 Å². The lowest BCUT2D eigenvalue weighted by atomic mass is 9.98. The second-order valence-corrected chi connectivity index (χ2v) is 9.27. The number of carboxylic acids is 1. The van der Waals surface area contributed by atoms with Gasteiger partial charge in [0.2, 0.25) is 5.91 Å². The van der Waals surface area contributed by atoms with Crippen LogP contribution in [0.2, 0.25) is 0 Å². The zero-order valence-corrected chi connectivity index (χ0v) is 19.5. The lowest BCUT2D eigenvalue weighted by Crippen LogP contribution is -2.43. The summed E-state index contributed by atoms with van der Waals surface area (Å²) in [4.78, 5) is 36.3. The molecular formula is C27H32N2O5. The third-order valence-corrected chi connectivity index (χ3v) is 6.67. The molecule has 0 aromatic heterocycles. The van der Waals surface area contributed by atoms with Gasteiger partial charge in [-0.15, -0.1) is 0 Å². The van der Waals surface area contributed by atoms with Crippen molar-refractivity contribution < 1.29 is 24.2 Å². The van der Waals surface area contributed by atoms with Gasteiger partial charge in [0.05, 0.1) is 6.42 Å². The maximum atomic E-state index is 12.7. The summed E-state index contributed by atoms with van der Waals surface area (Å²) in [6, 6.07) is 15.6. The van der Waals surface area contributed by atoms with Crippen LogP contribution >= 0.6 is 0 Å². The summed E-state index contributed by atoms with van der Waals surface area (Å²) in [7, 11) is 0. The summed E-state index contributed by atoms with van der Waals surface area (Å²) in [6.07, 6.45) is 2.78. The van der Waals surface area contributed by atoms with Crippen LogP contribution in [0.3, 0.4) is 0 Å². The van der Waals surface area contributed by atoms with Crippen molar-refractivity contribution in [3.63, 3.8) is 0 Å².